The van der Waals surface area contributed by atoms with Gasteiger partial charge in [0.2, 0.25) is 5.91 Å². The lowest BCUT2D eigenvalue weighted by atomic mass is 10.1. The number of nitrogens with zero attached hydrogens (tertiary/aromatic N) is 1. The average Bonchev–Trinajstić information content (AvgIpc) is 2.74. The Kier molecular flexibility index (Phi) is 3.65. The number of carbonyl (C=O) groups is 3. The summed E-state index contributed by atoms with van der Waals surface area (Å²) in [6.07, 6.45) is 0. The molecule has 0 aliphatic carbocycles. The summed E-state index contributed by atoms with van der Waals surface area (Å²) in [6, 6.07) is 13.5. The molecule has 0 aromatic heterocycles. The van der Waals surface area contributed by atoms with Gasteiger partial charge in [-0.1, -0.05) is 35.9 Å². The first kappa shape index (κ1) is 14.3. The van der Waals surface area contributed by atoms with Crippen LogP contribution in [0.4, 0.5) is 5.69 Å². The van der Waals surface area contributed by atoms with Crippen molar-refractivity contribution < 1.29 is 14.4 Å². The first-order valence-corrected chi connectivity index (χ1v) is 6.95. The summed E-state index contributed by atoms with van der Waals surface area (Å²) in [5, 5.41) is 2.84. The van der Waals surface area contributed by atoms with Gasteiger partial charge in [-0.3, -0.25) is 19.3 Å². The average molecular weight is 315 g/mol. The summed E-state index contributed by atoms with van der Waals surface area (Å²) < 4.78 is 0. The molecule has 0 unspecified atom stereocenters. The second kappa shape index (κ2) is 5.61. The zero-order valence-electron chi connectivity index (χ0n) is 11.4. The van der Waals surface area contributed by atoms with Crippen molar-refractivity contribution in [2.45, 2.75) is 0 Å². The first-order chi connectivity index (χ1) is 10.6. The van der Waals surface area contributed by atoms with E-state index >= 15 is 0 Å². The minimum absolute atomic E-state index is 0.154. The summed E-state index contributed by atoms with van der Waals surface area (Å²) in [6.45, 7) is -0.350. The standard InChI is InChI=1S/C16H11ClN2O3/c17-12-8-4-7-11-14(12)16(22)19(15(11)21)9-13(20)18-10-5-2-1-3-6-10/h1-8H,9H2,(H,18,20). The molecule has 6 heteroatoms. The Bertz CT molecular complexity index is 774. The van der Waals surface area contributed by atoms with E-state index in [4.69, 9.17) is 11.6 Å². The van der Waals surface area contributed by atoms with Crippen molar-refractivity contribution in [2.75, 3.05) is 11.9 Å². The van der Waals surface area contributed by atoms with Crippen LogP contribution in [-0.2, 0) is 4.79 Å². The molecule has 1 aliphatic heterocycles. The van der Waals surface area contributed by atoms with Crippen molar-refractivity contribution in [3.05, 3.63) is 64.7 Å². The quantitative estimate of drug-likeness (QED) is 0.885. The Morgan fingerprint density at radius 1 is 1.00 bits per heavy atom. The Labute approximate surface area is 131 Å². The summed E-state index contributed by atoms with van der Waals surface area (Å²) in [7, 11) is 0. The van der Waals surface area contributed by atoms with Gasteiger partial charge >= 0.3 is 0 Å². The minimum Gasteiger partial charge on any atom is -0.325 e. The van der Waals surface area contributed by atoms with E-state index in [-0.39, 0.29) is 22.7 Å². The van der Waals surface area contributed by atoms with Crippen molar-refractivity contribution in [2.24, 2.45) is 0 Å². The SMILES string of the molecule is O=C(CN1C(=O)c2cccc(Cl)c2C1=O)Nc1ccccc1. The van der Waals surface area contributed by atoms with Crippen LogP contribution in [0.3, 0.4) is 0 Å². The van der Waals surface area contributed by atoms with Crippen LogP contribution in [0.15, 0.2) is 48.5 Å². The van der Waals surface area contributed by atoms with Crippen LogP contribution in [0.2, 0.25) is 5.02 Å². The zero-order valence-corrected chi connectivity index (χ0v) is 12.1. The van der Waals surface area contributed by atoms with E-state index in [0.717, 1.165) is 4.90 Å². The highest BCUT2D eigenvalue weighted by atomic mass is 35.5. The molecule has 1 N–H and O–H groups in total. The van der Waals surface area contributed by atoms with E-state index in [1.54, 1.807) is 36.4 Å². The molecule has 0 radical (unpaired) electrons. The van der Waals surface area contributed by atoms with Gasteiger partial charge in [-0.2, -0.15) is 0 Å². The third-order valence-electron chi connectivity index (χ3n) is 3.31. The van der Waals surface area contributed by atoms with E-state index in [0.29, 0.717) is 5.69 Å². The molecule has 0 saturated heterocycles. The fourth-order valence-electron chi connectivity index (χ4n) is 2.30. The van der Waals surface area contributed by atoms with Crippen LogP contribution in [0.5, 0.6) is 0 Å². The van der Waals surface area contributed by atoms with Gasteiger partial charge in [0.25, 0.3) is 11.8 Å². The molecule has 0 fully saturated rings. The molecule has 1 heterocycles. The Balaban J connectivity index is 1.77. The van der Waals surface area contributed by atoms with Gasteiger partial charge in [-0.15, -0.1) is 0 Å². The highest BCUT2D eigenvalue weighted by molar-refractivity contribution is 6.37. The highest BCUT2D eigenvalue weighted by Crippen LogP contribution is 2.28. The van der Waals surface area contributed by atoms with Gasteiger partial charge in [0.1, 0.15) is 6.54 Å². The zero-order chi connectivity index (χ0) is 15.7. The van der Waals surface area contributed by atoms with Crippen molar-refractivity contribution in [3.63, 3.8) is 0 Å². The third kappa shape index (κ3) is 2.46. The molecule has 0 spiro atoms. The van der Waals surface area contributed by atoms with E-state index in [1.165, 1.54) is 6.07 Å². The lowest BCUT2D eigenvalue weighted by Crippen LogP contribution is -2.37. The van der Waals surface area contributed by atoms with Crippen LogP contribution < -0.4 is 5.32 Å². The number of benzene rings is 2. The molecule has 1 aliphatic rings. The maximum absolute atomic E-state index is 12.3. The smallest absolute Gasteiger partial charge is 0.263 e. The molecule has 0 bridgehead atoms. The Hall–Kier alpha value is -2.66. The molecule has 2 aromatic carbocycles. The molecule has 0 saturated carbocycles. The number of amides is 3. The van der Waals surface area contributed by atoms with Crippen molar-refractivity contribution in [1.29, 1.82) is 0 Å². The third-order valence-corrected chi connectivity index (χ3v) is 3.62. The first-order valence-electron chi connectivity index (χ1n) is 6.57. The summed E-state index contributed by atoms with van der Waals surface area (Å²) in [5.74, 6) is -1.50. The second-order valence-electron chi connectivity index (χ2n) is 4.77. The predicted molar refractivity (Wildman–Crippen MR) is 81.9 cm³/mol. The van der Waals surface area contributed by atoms with Crippen LogP contribution in [0.1, 0.15) is 20.7 Å². The molecule has 3 amide bonds. The Morgan fingerprint density at radius 2 is 1.73 bits per heavy atom. The van der Waals surface area contributed by atoms with Gasteiger partial charge in [-0.25, -0.2) is 0 Å². The molecule has 22 heavy (non-hydrogen) atoms. The number of hydrogen-bond donors (Lipinski definition) is 1. The van der Waals surface area contributed by atoms with Gasteiger partial charge in [0.05, 0.1) is 16.1 Å². The number of fused-ring (bicyclic) bond motifs is 1. The fourth-order valence-corrected chi connectivity index (χ4v) is 2.56. The molecule has 110 valence electrons. The molecular formula is C16H11ClN2O3. The molecular weight excluding hydrogens is 304 g/mol. The lowest BCUT2D eigenvalue weighted by Gasteiger charge is -2.13. The number of para-hydroxylation sites is 1. The largest absolute Gasteiger partial charge is 0.325 e. The van der Waals surface area contributed by atoms with Crippen LogP contribution in [-0.4, -0.2) is 29.2 Å². The van der Waals surface area contributed by atoms with Crippen LogP contribution in [0, 0.1) is 0 Å². The number of halogens is 1. The summed E-state index contributed by atoms with van der Waals surface area (Å²) in [4.78, 5) is 37.4. The van der Waals surface area contributed by atoms with E-state index in [1.807, 2.05) is 6.07 Å². The molecule has 2 aromatic rings. The van der Waals surface area contributed by atoms with Crippen LogP contribution >= 0.6 is 11.6 Å². The van der Waals surface area contributed by atoms with Crippen LogP contribution in [0.25, 0.3) is 0 Å². The van der Waals surface area contributed by atoms with Crippen molar-refractivity contribution >= 4 is 35.0 Å². The van der Waals surface area contributed by atoms with Gasteiger partial charge in [0, 0.05) is 5.69 Å². The van der Waals surface area contributed by atoms with E-state index in [2.05, 4.69) is 5.32 Å². The normalized spacial score (nSPS) is 13.2. The number of nitrogens with one attached hydrogen (secondary N) is 1. The van der Waals surface area contributed by atoms with Crippen molar-refractivity contribution in [1.82, 2.24) is 4.90 Å². The van der Waals surface area contributed by atoms with Gasteiger partial charge in [0.15, 0.2) is 0 Å². The van der Waals surface area contributed by atoms with Gasteiger partial charge in [-0.05, 0) is 24.3 Å². The maximum Gasteiger partial charge on any atom is 0.263 e. The molecule has 5 nitrogen and oxygen atoms in total. The molecule has 3 rings (SSSR count). The topological polar surface area (TPSA) is 66.5 Å². The number of imide groups is 1. The summed E-state index contributed by atoms with van der Waals surface area (Å²) >= 11 is 5.96. The maximum atomic E-state index is 12.3. The monoisotopic (exact) mass is 314 g/mol. The second-order valence-corrected chi connectivity index (χ2v) is 5.18. The van der Waals surface area contributed by atoms with Crippen molar-refractivity contribution in [3.8, 4) is 0 Å². The number of rotatable bonds is 3. The van der Waals surface area contributed by atoms with Gasteiger partial charge < -0.3 is 5.32 Å². The molecule has 0 atom stereocenters. The summed E-state index contributed by atoms with van der Waals surface area (Å²) in [5.41, 5.74) is 0.980. The number of carbonyl (C=O) groups excluding carboxylic acids is 3. The van der Waals surface area contributed by atoms with E-state index < -0.39 is 17.7 Å². The number of hydrogen-bond acceptors (Lipinski definition) is 3. The highest BCUT2D eigenvalue weighted by Gasteiger charge is 2.38. The fraction of sp³-hybridized carbons (Fsp3) is 0.0625. The predicted octanol–water partition coefficient (Wildman–Crippen LogP) is 2.57. The Morgan fingerprint density at radius 3 is 2.41 bits per heavy atom. The van der Waals surface area contributed by atoms with E-state index in [9.17, 15) is 14.4 Å². The number of anilines is 1. The lowest BCUT2D eigenvalue weighted by molar-refractivity contribution is -0.116. The minimum atomic E-state index is -0.547.